The summed E-state index contributed by atoms with van der Waals surface area (Å²) in [7, 11) is 0. The zero-order valence-electron chi connectivity index (χ0n) is 11.1. The lowest BCUT2D eigenvalue weighted by molar-refractivity contribution is 0.629. The molecule has 0 bridgehead atoms. The number of benzene rings is 1. The number of aromatic nitrogens is 2. The highest BCUT2D eigenvalue weighted by Gasteiger charge is 2.14. The standard InChI is InChI=1S/C14H11ClFN3OS/c1-2-19-5-8(11-6-21-14(17)18-11)13(20)7-3-10(16)9(15)4-12(7)19/h3-6H,2H2,1H3,(H2,17,18). The van der Waals surface area contributed by atoms with Crippen molar-refractivity contribution >= 4 is 39.0 Å². The molecule has 2 aromatic heterocycles. The van der Waals surface area contributed by atoms with E-state index in [-0.39, 0.29) is 15.8 Å². The molecule has 0 amide bonds. The number of halogens is 2. The Kier molecular flexibility index (Phi) is 3.43. The minimum Gasteiger partial charge on any atom is -0.375 e. The first kappa shape index (κ1) is 14.0. The van der Waals surface area contributed by atoms with Crippen molar-refractivity contribution in [2.45, 2.75) is 13.5 Å². The van der Waals surface area contributed by atoms with Crippen LogP contribution in [0, 0.1) is 5.82 Å². The Morgan fingerprint density at radius 2 is 2.24 bits per heavy atom. The van der Waals surface area contributed by atoms with E-state index in [0.717, 1.165) is 0 Å². The Labute approximate surface area is 128 Å². The number of pyridine rings is 1. The molecule has 21 heavy (non-hydrogen) atoms. The van der Waals surface area contributed by atoms with Crippen LogP contribution in [0.3, 0.4) is 0 Å². The van der Waals surface area contributed by atoms with Gasteiger partial charge in [0, 0.05) is 23.5 Å². The maximum Gasteiger partial charge on any atom is 0.198 e. The first-order valence-electron chi connectivity index (χ1n) is 6.24. The van der Waals surface area contributed by atoms with Crippen LogP contribution in [0.2, 0.25) is 5.02 Å². The molecule has 0 aliphatic rings. The fourth-order valence-electron chi connectivity index (χ4n) is 2.24. The second-order valence-corrected chi connectivity index (χ2v) is 5.81. The largest absolute Gasteiger partial charge is 0.375 e. The lowest BCUT2D eigenvalue weighted by atomic mass is 10.1. The Balaban J connectivity index is 2.41. The van der Waals surface area contributed by atoms with Gasteiger partial charge < -0.3 is 10.3 Å². The van der Waals surface area contributed by atoms with Crippen LogP contribution >= 0.6 is 22.9 Å². The van der Waals surface area contributed by atoms with Gasteiger partial charge in [-0.3, -0.25) is 4.79 Å². The molecule has 2 N–H and O–H groups in total. The van der Waals surface area contributed by atoms with Crippen molar-refractivity contribution in [3.8, 4) is 11.3 Å². The zero-order valence-corrected chi connectivity index (χ0v) is 12.6. The molecule has 0 aliphatic carbocycles. The third-order valence-corrected chi connectivity index (χ3v) is 4.22. The molecule has 0 unspecified atom stereocenters. The fourth-order valence-corrected chi connectivity index (χ4v) is 2.96. The average molecular weight is 324 g/mol. The second-order valence-electron chi connectivity index (χ2n) is 4.51. The molecule has 0 saturated carbocycles. The zero-order chi connectivity index (χ0) is 15.1. The highest BCUT2D eigenvalue weighted by Crippen LogP contribution is 2.26. The predicted octanol–water partition coefficient (Wildman–Crippen LogP) is 3.52. The van der Waals surface area contributed by atoms with Gasteiger partial charge in [-0.15, -0.1) is 11.3 Å². The molecule has 0 aliphatic heterocycles. The van der Waals surface area contributed by atoms with E-state index in [1.807, 2.05) is 11.5 Å². The third-order valence-electron chi connectivity index (χ3n) is 3.26. The number of nitrogens with zero attached hydrogens (tertiary/aromatic N) is 2. The van der Waals surface area contributed by atoms with E-state index >= 15 is 0 Å². The quantitative estimate of drug-likeness (QED) is 0.785. The molecule has 1 aromatic carbocycles. The monoisotopic (exact) mass is 323 g/mol. The second kappa shape index (κ2) is 5.13. The molecule has 0 atom stereocenters. The normalized spacial score (nSPS) is 11.2. The van der Waals surface area contributed by atoms with Crippen LogP contribution in [-0.4, -0.2) is 9.55 Å². The van der Waals surface area contributed by atoms with Crippen LogP contribution < -0.4 is 11.2 Å². The van der Waals surface area contributed by atoms with E-state index in [1.54, 1.807) is 11.6 Å². The van der Waals surface area contributed by atoms with Crippen molar-refractivity contribution in [3.05, 3.63) is 44.8 Å². The molecule has 3 aromatic rings. The van der Waals surface area contributed by atoms with Gasteiger partial charge in [0.15, 0.2) is 10.6 Å². The van der Waals surface area contributed by atoms with Crippen molar-refractivity contribution in [2.24, 2.45) is 0 Å². The molecule has 0 saturated heterocycles. The number of fused-ring (bicyclic) bond motifs is 1. The first-order chi connectivity index (χ1) is 10.0. The predicted molar refractivity (Wildman–Crippen MR) is 84.4 cm³/mol. The summed E-state index contributed by atoms with van der Waals surface area (Å²) in [4.78, 5) is 16.7. The van der Waals surface area contributed by atoms with Gasteiger partial charge in [0.2, 0.25) is 0 Å². The van der Waals surface area contributed by atoms with Crippen LogP contribution in [0.25, 0.3) is 22.2 Å². The number of anilines is 1. The number of hydrogen-bond acceptors (Lipinski definition) is 4. The Morgan fingerprint density at radius 1 is 1.48 bits per heavy atom. The van der Waals surface area contributed by atoms with Gasteiger partial charge in [-0.05, 0) is 19.1 Å². The van der Waals surface area contributed by atoms with Crippen LogP contribution in [0.4, 0.5) is 9.52 Å². The van der Waals surface area contributed by atoms with E-state index in [4.69, 9.17) is 17.3 Å². The molecular weight excluding hydrogens is 313 g/mol. The van der Waals surface area contributed by atoms with Gasteiger partial charge >= 0.3 is 0 Å². The van der Waals surface area contributed by atoms with Gasteiger partial charge in [-0.1, -0.05) is 11.6 Å². The summed E-state index contributed by atoms with van der Waals surface area (Å²) in [6.07, 6.45) is 1.70. The topological polar surface area (TPSA) is 60.9 Å². The summed E-state index contributed by atoms with van der Waals surface area (Å²) < 4.78 is 15.5. The smallest absolute Gasteiger partial charge is 0.198 e. The van der Waals surface area contributed by atoms with Crippen molar-refractivity contribution in [1.29, 1.82) is 0 Å². The van der Waals surface area contributed by atoms with Gasteiger partial charge in [0.25, 0.3) is 0 Å². The summed E-state index contributed by atoms with van der Waals surface area (Å²) in [5, 5.41) is 2.37. The molecule has 3 rings (SSSR count). The number of nitrogens with two attached hydrogens (primary N) is 1. The molecule has 7 heteroatoms. The maximum atomic E-state index is 13.7. The van der Waals surface area contributed by atoms with Gasteiger partial charge in [-0.2, -0.15) is 0 Å². The Bertz CT molecular complexity index is 903. The SMILES string of the molecule is CCn1cc(-c2csc(N)n2)c(=O)c2cc(F)c(Cl)cc21. The lowest BCUT2D eigenvalue weighted by Gasteiger charge is -2.11. The average Bonchev–Trinajstić information content (AvgIpc) is 2.88. The van der Waals surface area contributed by atoms with Crippen LogP contribution in [0.15, 0.2) is 28.5 Å². The van der Waals surface area contributed by atoms with E-state index in [2.05, 4.69) is 4.98 Å². The third kappa shape index (κ3) is 2.30. The van der Waals surface area contributed by atoms with Crippen molar-refractivity contribution < 1.29 is 4.39 Å². The minimum absolute atomic E-state index is 0.00486. The summed E-state index contributed by atoms with van der Waals surface area (Å²) in [6.45, 7) is 2.55. The summed E-state index contributed by atoms with van der Waals surface area (Å²) >= 11 is 7.07. The summed E-state index contributed by atoms with van der Waals surface area (Å²) in [6, 6.07) is 2.64. The van der Waals surface area contributed by atoms with Crippen molar-refractivity contribution in [1.82, 2.24) is 9.55 Å². The highest BCUT2D eigenvalue weighted by atomic mass is 35.5. The highest BCUT2D eigenvalue weighted by molar-refractivity contribution is 7.13. The molecule has 0 spiro atoms. The van der Waals surface area contributed by atoms with Gasteiger partial charge in [0.1, 0.15) is 5.82 Å². The number of hydrogen-bond donors (Lipinski definition) is 1. The van der Waals surface area contributed by atoms with Crippen molar-refractivity contribution in [2.75, 3.05) is 5.73 Å². The first-order valence-corrected chi connectivity index (χ1v) is 7.50. The van der Waals surface area contributed by atoms with Crippen LogP contribution in [-0.2, 0) is 6.54 Å². The fraction of sp³-hybridized carbons (Fsp3) is 0.143. The Morgan fingerprint density at radius 3 is 2.86 bits per heavy atom. The molecule has 0 radical (unpaired) electrons. The van der Waals surface area contributed by atoms with Gasteiger partial charge in [0.05, 0.1) is 21.8 Å². The molecule has 2 heterocycles. The van der Waals surface area contributed by atoms with Crippen molar-refractivity contribution in [3.63, 3.8) is 0 Å². The molecule has 0 fully saturated rings. The minimum atomic E-state index is -0.612. The van der Waals surface area contributed by atoms with E-state index < -0.39 is 5.82 Å². The number of aryl methyl sites for hydroxylation is 1. The Hall–Kier alpha value is -1.92. The molecular formula is C14H11ClFN3OS. The van der Waals surface area contributed by atoms with E-state index in [9.17, 15) is 9.18 Å². The summed E-state index contributed by atoms with van der Waals surface area (Å²) in [5.41, 5.74) is 6.83. The van der Waals surface area contributed by atoms with Gasteiger partial charge in [-0.25, -0.2) is 9.37 Å². The van der Waals surface area contributed by atoms with E-state index in [0.29, 0.717) is 28.5 Å². The summed E-state index contributed by atoms with van der Waals surface area (Å²) in [5.74, 6) is -0.612. The molecule has 108 valence electrons. The van der Waals surface area contributed by atoms with Crippen LogP contribution in [0.1, 0.15) is 6.92 Å². The number of nitrogen functional groups attached to an aromatic ring is 1. The molecule has 4 nitrogen and oxygen atoms in total. The number of thiazole rings is 1. The van der Waals surface area contributed by atoms with E-state index in [1.165, 1.54) is 23.5 Å². The lowest BCUT2D eigenvalue weighted by Crippen LogP contribution is -2.12. The maximum absolute atomic E-state index is 13.7. The number of rotatable bonds is 2. The van der Waals surface area contributed by atoms with Crippen LogP contribution in [0.5, 0.6) is 0 Å².